The van der Waals surface area contributed by atoms with E-state index in [4.69, 9.17) is 32.7 Å². The van der Waals surface area contributed by atoms with Gasteiger partial charge in [0.25, 0.3) is 11.8 Å². The Morgan fingerprint density at radius 2 is 1.78 bits per heavy atom. The molecule has 9 heteroatoms. The van der Waals surface area contributed by atoms with Crippen molar-refractivity contribution in [1.29, 1.82) is 5.26 Å². The zero-order valence-corrected chi connectivity index (χ0v) is 21.3. The van der Waals surface area contributed by atoms with Gasteiger partial charge in [-0.3, -0.25) is 9.59 Å². The van der Waals surface area contributed by atoms with Crippen molar-refractivity contribution in [2.24, 2.45) is 0 Å². The van der Waals surface area contributed by atoms with E-state index in [1.807, 2.05) is 32.0 Å². The number of aryl methyl sites for hydroxylation is 1. The number of nitriles is 1. The number of rotatable bonds is 8. The van der Waals surface area contributed by atoms with E-state index < -0.39 is 11.8 Å². The van der Waals surface area contributed by atoms with Gasteiger partial charge in [0, 0.05) is 16.4 Å². The van der Waals surface area contributed by atoms with Crippen molar-refractivity contribution in [3.05, 3.63) is 86.9 Å². The van der Waals surface area contributed by atoms with Crippen LogP contribution in [0.3, 0.4) is 0 Å². The zero-order chi connectivity index (χ0) is 26.2. The van der Waals surface area contributed by atoms with Crippen LogP contribution in [0, 0.1) is 25.2 Å². The van der Waals surface area contributed by atoms with Gasteiger partial charge in [-0.2, -0.15) is 5.26 Å². The third-order valence-corrected chi connectivity index (χ3v) is 5.79. The van der Waals surface area contributed by atoms with Gasteiger partial charge in [-0.25, -0.2) is 0 Å². The molecule has 0 spiro atoms. The maximum absolute atomic E-state index is 12.7. The highest BCUT2D eigenvalue weighted by atomic mass is 35.5. The molecule has 0 unspecified atom stereocenters. The predicted octanol–water partition coefficient (Wildman–Crippen LogP) is 6.18. The van der Waals surface area contributed by atoms with E-state index in [-0.39, 0.29) is 28.7 Å². The van der Waals surface area contributed by atoms with Crippen LogP contribution < -0.4 is 20.1 Å². The van der Waals surface area contributed by atoms with Crippen molar-refractivity contribution in [1.82, 2.24) is 0 Å². The van der Waals surface area contributed by atoms with Crippen molar-refractivity contribution in [2.45, 2.75) is 13.8 Å². The summed E-state index contributed by atoms with van der Waals surface area (Å²) in [6.45, 7) is 3.50. The summed E-state index contributed by atoms with van der Waals surface area (Å²) in [5, 5.41) is 15.7. The molecule has 3 aromatic carbocycles. The van der Waals surface area contributed by atoms with Gasteiger partial charge in [0.2, 0.25) is 0 Å². The highest BCUT2D eigenvalue weighted by Crippen LogP contribution is 2.37. The van der Waals surface area contributed by atoms with Crippen molar-refractivity contribution >= 4 is 52.5 Å². The lowest BCUT2D eigenvalue weighted by atomic mass is 10.1. The first-order valence-corrected chi connectivity index (χ1v) is 11.5. The number of anilines is 2. The number of hydrogen-bond donors (Lipinski definition) is 2. The number of amides is 2. The first-order valence-electron chi connectivity index (χ1n) is 10.8. The maximum Gasteiger partial charge on any atom is 0.266 e. The molecule has 0 aliphatic rings. The highest BCUT2D eigenvalue weighted by Gasteiger charge is 2.16. The molecule has 7 nitrogen and oxygen atoms in total. The van der Waals surface area contributed by atoms with Crippen LogP contribution in [0.1, 0.15) is 16.7 Å². The molecule has 0 saturated heterocycles. The van der Waals surface area contributed by atoms with Crippen LogP contribution in [0.5, 0.6) is 11.5 Å². The molecule has 0 radical (unpaired) electrons. The molecule has 0 aliphatic carbocycles. The van der Waals surface area contributed by atoms with Gasteiger partial charge in [0.1, 0.15) is 11.6 Å². The van der Waals surface area contributed by atoms with E-state index in [1.54, 1.807) is 36.4 Å². The lowest BCUT2D eigenvalue weighted by Gasteiger charge is -2.14. The molecule has 3 aromatic rings. The van der Waals surface area contributed by atoms with Gasteiger partial charge in [-0.15, -0.1) is 0 Å². The van der Waals surface area contributed by atoms with E-state index >= 15 is 0 Å². The predicted molar refractivity (Wildman–Crippen MR) is 142 cm³/mol. The topological polar surface area (TPSA) is 100 Å². The molecule has 0 fully saturated rings. The van der Waals surface area contributed by atoms with Crippen LogP contribution in [0.15, 0.2) is 60.2 Å². The van der Waals surface area contributed by atoms with E-state index in [1.165, 1.54) is 19.3 Å². The van der Waals surface area contributed by atoms with E-state index in [9.17, 15) is 14.9 Å². The van der Waals surface area contributed by atoms with Crippen molar-refractivity contribution in [3.63, 3.8) is 0 Å². The van der Waals surface area contributed by atoms with E-state index in [0.717, 1.165) is 11.1 Å². The Balaban J connectivity index is 1.75. The molecular formula is C27H23Cl2N3O4. The molecular weight excluding hydrogens is 501 g/mol. The van der Waals surface area contributed by atoms with Crippen molar-refractivity contribution in [3.8, 4) is 17.6 Å². The van der Waals surface area contributed by atoms with Crippen LogP contribution in [-0.4, -0.2) is 25.5 Å². The SMILES string of the molecule is COc1cc(/C=C(\C#N)C(=O)Nc2cccc(C)c2C)cc(Cl)c1OCC(=O)Nc1ccc(Cl)cc1. The molecule has 3 rings (SSSR count). The molecule has 0 aliphatic heterocycles. The smallest absolute Gasteiger partial charge is 0.266 e. The molecule has 2 amide bonds. The lowest BCUT2D eigenvalue weighted by molar-refractivity contribution is -0.118. The molecule has 2 N–H and O–H groups in total. The Kier molecular flexibility index (Phi) is 8.96. The largest absolute Gasteiger partial charge is 0.493 e. The maximum atomic E-state index is 12.7. The molecule has 0 atom stereocenters. The van der Waals surface area contributed by atoms with Gasteiger partial charge in [-0.05, 0) is 79.1 Å². The Labute approximate surface area is 219 Å². The summed E-state index contributed by atoms with van der Waals surface area (Å²) in [5.74, 6) is -0.573. The quantitative estimate of drug-likeness (QED) is 0.271. The number of halogens is 2. The summed E-state index contributed by atoms with van der Waals surface area (Å²) in [7, 11) is 1.41. The number of carbonyl (C=O) groups excluding carboxylic acids is 2. The van der Waals surface area contributed by atoms with Gasteiger partial charge >= 0.3 is 0 Å². The summed E-state index contributed by atoms with van der Waals surface area (Å²) in [5.41, 5.74) is 3.44. The fourth-order valence-electron chi connectivity index (χ4n) is 3.22. The first-order chi connectivity index (χ1) is 17.2. The van der Waals surface area contributed by atoms with Gasteiger partial charge < -0.3 is 20.1 Å². The number of hydrogen-bond acceptors (Lipinski definition) is 5. The average molecular weight is 524 g/mol. The third kappa shape index (κ3) is 6.79. The number of methoxy groups -OCH3 is 1. The van der Waals surface area contributed by atoms with Crippen LogP contribution >= 0.6 is 23.2 Å². The van der Waals surface area contributed by atoms with E-state index in [0.29, 0.717) is 22.0 Å². The summed E-state index contributed by atoms with van der Waals surface area (Å²) in [4.78, 5) is 25.0. The molecule has 0 bridgehead atoms. The van der Waals surface area contributed by atoms with Crippen molar-refractivity contribution in [2.75, 3.05) is 24.4 Å². The van der Waals surface area contributed by atoms with Crippen LogP contribution in [-0.2, 0) is 9.59 Å². The van der Waals surface area contributed by atoms with Gasteiger partial charge in [0.05, 0.1) is 12.1 Å². The number of ether oxygens (including phenoxy) is 2. The fraction of sp³-hybridized carbons (Fsp3) is 0.148. The lowest BCUT2D eigenvalue weighted by Crippen LogP contribution is -2.20. The number of nitrogens with zero attached hydrogens (tertiary/aromatic N) is 1. The minimum Gasteiger partial charge on any atom is -0.493 e. The normalized spacial score (nSPS) is 10.8. The Bertz CT molecular complexity index is 1360. The van der Waals surface area contributed by atoms with E-state index in [2.05, 4.69) is 10.6 Å². The van der Waals surface area contributed by atoms with Crippen LogP contribution in [0.25, 0.3) is 6.08 Å². The summed E-state index contributed by atoms with van der Waals surface area (Å²) < 4.78 is 11.0. The standard InChI is InChI=1S/C27H23Cl2N3O4/c1-16-5-4-6-23(17(16)2)32-27(34)19(14-30)11-18-12-22(29)26(24(13-18)35-3)36-15-25(33)31-21-9-7-20(28)8-10-21/h4-13H,15H2,1-3H3,(H,31,33)(H,32,34)/b19-11+. The number of benzene rings is 3. The highest BCUT2D eigenvalue weighted by molar-refractivity contribution is 6.32. The summed E-state index contributed by atoms with van der Waals surface area (Å²) >= 11 is 12.2. The third-order valence-electron chi connectivity index (χ3n) is 5.26. The molecule has 0 aromatic heterocycles. The monoisotopic (exact) mass is 523 g/mol. The second-order valence-corrected chi connectivity index (χ2v) is 8.59. The second-order valence-electron chi connectivity index (χ2n) is 7.75. The summed E-state index contributed by atoms with van der Waals surface area (Å²) in [6, 6.07) is 17.2. The molecule has 0 saturated carbocycles. The minimum absolute atomic E-state index is 0.120. The fourth-order valence-corrected chi connectivity index (χ4v) is 3.62. The number of carbonyl (C=O) groups is 2. The van der Waals surface area contributed by atoms with Crippen LogP contribution in [0.2, 0.25) is 10.0 Å². The zero-order valence-electron chi connectivity index (χ0n) is 19.8. The van der Waals surface area contributed by atoms with Crippen LogP contribution in [0.4, 0.5) is 11.4 Å². The van der Waals surface area contributed by atoms with Crippen molar-refractivity contribution < 1.29 is 19.1 Å². The molecule has 0 heterocycles. The molecule has 36 heavy (non-hydrogen) atoms. The average Bonchev–Trinajstić information content (AvgIpc) is 2.85. The second kappa shape index (κ2) is 12.1. The Hall–Kier alpha value is -3.99. The number of nitrogens with one attached hydrogen (secondary N) is 2. The first kappa shape index (κ1) is 26.6. The Morgan fingerprint density at radius 3 is 2.44 bits per heavy atom. The molecule has 184 valence electrons. The minimum atomic E-state index is -0.555. The Morgan fingerprint density at radius 1 is 1.06 bits per heavy atom. The van der Waals surface area contributed by atoms with Gasteiger partial charge in [-0.1, -0.05) is 35.3 Å². The van der Waals surface area contributed by atoms with Gasteiger partial charge in [0.15, 0.2) is 18.1 Å². The summed E-state index contributed by atoms with van der Waals surface area (Å²) in [6.07, 6.45) is 1.39.